The molecule has 0 saturated carbocycles. The fraction of sp³-hybridized carbons (Fsp3) is 0.625. The third-order valence-corrected chi connectivity index (χ3v) is 1.86. The van der Waals surface area contributed by atoms with E-state index in [0.29, 0.717) is 5.82 Å². The summed E-state index contributed by atoms with van der Waals surface area (Å²) < 4.78 is 1.67. The van der Waals surface area contributed by atoms with E-state index in [-0.39, 0.29) is 12.5 Å². The number of nitrogens with zero attached hydrogens (tertiary/aromatic N) is 3. The standard InChI is InChI=1S/C8H14N4O2/c1-5(2)12-7(10-4-11-12)3-6(9)8(13)14/h4-6H,3,9H2,1-2H3,(H,13,14)/t6-/m0/s1. The zero-order chi connectivity index (χ0) is 10.7. The molecule has 1 rings (SSSR count). The fourth-order valence-electron chi connectivity index (χ4n) is 1.14. The molecule has 0 radical (unpaired) electrons. The summed E-state index contributed by atoms with van der Waals surface area (Å²) in [7, 11) is 0. The first kappa shape index (κ1) is 10.6. The SMILES string of the molecule is CC(C)n1ncnc1C[C@H](N)C(=O)O. The number of carboxylic acid groups (broad SMARTS) is 1. The number of hydrogen-bond acceptors (Lipinski definition) is 4. The minimum atomic E-state index is -1.02. The Balaban J connectivity index is 2.76. The van der Waals surface area contributed by atoms with E-state index >= 15 is 0 Å². The van der Waals surface area contributed by atoms with Gasteiger partial charge in [-0.2, -0.15) is 5.10 Å². The average Bonchev–Trinajstić information content (AvgIpc) is 2.52. The predicted molar refractivity (Wildman–Crippen MR) is 49.7 cm³/mol. The van der Waals surface area contributed by atoms with Crippen LogP contribution in [0.1, 0.15) is 25.7 Å². The Hall–Kier alpha value is -1.43. The molecule has 1 atom stereocenters. The van der Waals surface area contributed by atoms with E-state index < -0.39 is 12.0 Å². The zero-order valence-electron chi connectivity index (χ0n) is 8.21. The van der Waals surface area contributed by atoms with Crippen LogP contribution in [0, 0.1) is 0 Å². The van der Waals surface area contributed by atoms with Crippen LogP contribution in [0.25, 0.3) is 0 Å². The average molecular weight is 198 g/mol. The Morgan fingerprint density at radius 2 is 2.36 bits per heavy atom. The molecule has 6 nitrogen and oxygen atoms in total. The normalized spacial score (nSPS) is 13.1. The van der Waals surface area contributed by atoms with E-state index in [0.717, 1.165) is 0 Å². The van der Waals surface area contributed by atoms with E-state index in [2.05, 4.69) is 10.1 Å². The molecule has 1 aromatic heterocycles. The van der Waals surface area contributed by atoms with E-state index in [4.69, 9.17) is 10.8 Å². The first-order chi connectivity index (χ1) is 6.52. The molecule has 0 amide bonds. The number of carboxylic acids is 1. The van der Waals surface area contributed by atoms with Gasteiger partial charge >= 0.3 is 5.97 Å². The number of hydrogen-bond donors (Lipinski definition) is 2. The van der Waals surface area contributed by atoms with Crippen LogP contribution < -0.4 is 5.73 Å². The molecule has 0 aliphatic carbocycles. The monoisotopic (exact) mass is 198 g/mol. The predicted octanol–water partition coefficient (Wildman–Crippen LogP) is -0.187. The summed E-state index contributed by atoms with van der Waals surface area (Å²) in [6.07, 6.45) is 1.61. The minimum absolute atomic E-state index is 0.161. The molecule has 3 N–H and O–H groups in total. The Bertz CT molecular complexity index is 321. The lowest BCUT2D eigenvalue weighted by molar-refractivity contribution is -0.138. The number of rotatable bonds is 4. The van der Waals surface area contributed by atoms with Crippen molar-refractivity contribution in [2.24, 2.45) is 5.73 Å². The van der Waals surface area contributed by atoms with Crippen LogP contribution >= 0.6 is 0 Å². The third kappa shape index (κ3) is 2.29. The van der Waals surface area contributed by atoms with Gasteiger partial charge in [0, 0.05) is 12.5 Å². The van der Waals surface area contributed by atoms with Crippen LogP contribution in [0.5, 0.6) is 0 Å². The summed E-state index contributed by atoms with van der Waals surface area (Å²) in [6.45, 7) is 3.90. The third-order valence-electron chi connectivity index (χ3n) is 1.86. The molecular formula is C8H14N4O2. The van der Waals surface area contributed by atoms with Gasteiger partial charge in [0.1, 0.15) is 18.2 Å². The molecule has 0 fully saturated rings. The molecule has 6 heteroatoms. The number of aromatic nitrogens is 3. The van der Waals surface area contributed by atoms with Gasteiger partial charge in [0.25, 0.3) is 0 Å². The maximum Gasteiger partial charge on any atom is 0.320 e. The van der Waals surface area contributed by atoms with E-state index in [1.165, 1.54) is 6.33 Å². The largest absolute Gasteiger partial charge is 0.480 e. The van der Waals surface area contributed by atoms with Gasteiger partial charge in [-0.15, -0.1) is 0 Å². The second-order valence-electron chi connectivity index (χ2n) is 3.36. The van der Waals surface area contributed by atoms with Crippen LogP contribution in [0.2, 0.25) is 0 Å². The molecule has 0 aromatic carbocycles. The van der Waals surface area contributed by atoms with Crippen LogP contribution in [0.15, 0.2) is 6.33 Å². The lowest BCUT2D eigenvalue weighted by atomic mass is 10.2. The van der Waals surface area contributed by atoms with Crippen LogP contribution in [-0.4, -0.2) is 31.9 Å². The molecule has 1 aromatic rings. The van der Waals surface area contributed by atoms with Gasteiger partial charge in [-0.25, -0.2) is 9.67 Å². The smallest absolute Gasteiger partial charge is 0.320 e. The second kappa shape index (κ2) is 4.19. The van der Waals surface area contributed by atoms with Crippen molar-refractivity contribution in [2.45, 2.75) is 32.4 Å². The highest BCUT2D eigenvalue weighted by atomic mass is 16.4. The van der Waals surface area contributed by atoms with Crippen molar-refractivity contribution in [1.82, 2.24) is 14.8 Å². The van der Waals surface area contributed by atoms with E-state index in [1.54, 1.807) is 4.68 Å². The van der Waals surface area contributed by atoms with Gasteiger partial charge in [0.05, 0.1) is 0 Å². The van der Waals surface area contributed by atoms with Crippen molar-refractivity contribution in [3.05, 3.63) is 12.2 Å². The molecule has 78 valence electrons. The molecule has 0 aliphatic heterocycles. The van der Waals surface area contributed by atoms with Crippen molar-refractivity contribution in [3.8, 4) is 0 Å². The summed E-state index contributed by atoms with van der Waals surface area (Å²) in [5.74, 6) is -0.418. The van der Waals surface area contributed by atoms with Gasteiger partial charge in [0.15, 0.2) is 0 Å². The van der Waals surface area contributed by atoms with Crippen molar-refractivity contribution in [1.29, 1.82) is 0 Å². The van der Waals surface area contributed by atoms with Gasteiger partial charge in [-0.05, 0) is 13.8 Å². The maximum absolute atomic E-state index is 10.5. The van der Waals surface area contributed by atoms with Crippen molar-refractivity contribution >= 4 is 5.97 Å². The Kier molecular flexibility index (Phi) is 3.19. The van der Waals surface area contributed by atoms with Crippen molar-refractivity contribution in [2.75, 3.05) is 0 Å². The summed E-state index contributed by atoms with van der Waals surface area (Å²) in [6, 6.07) is -0.759. The molecule has 1 heterocycles. The first-order valence-corrected chi connectivity index (χ1v) is 4.39. The lowest BCUT2D eigenvalue weighted by Crippen LogP contribution is -2.33. The summed E-state index contributed by atoms with van der Waals surface area (Å²) in [4.78, 5) is 14.5. The van der Waals surface area contributed by atoms with Crippen molar-refractivity contribution in [3.63, 3.8) is 0 Å². The quantitative estimate of drug-likeness (QED) is 0.699. The van der Waals surface area contributed by atoms with Gasteiger partial charge in [-0.3, -0.25) is 4.79 Å². The lowest BCUT2D eigenvalue weighted by Gasteiger charge is -2.10. The van der Waals surface area contributed by atoms with Gasteiger partial charge < -0.3 is 10.8 Å². The van der Waals surface area contributed by atoms with Gasteiger partial charge in [-0.1, -0.05) is 0 Å². The first-order valence-electron chi connectivity index (χ1n) is 4.39. The number of nitrogens with two attached hydrogens (primary N) is 1. The highest BCUT2D eigenvalue weighted by Gasteiger charge is 2.16. The van der Waals surface area contributed by atoms with Crippen LogP contribution in [0.3, 0.4) is 0 Å². The van der Waals surface area contributed by atoms with E-state index in [1.807, 2.05) is 13.8 Å². The van der Waals surface area contributed by atoms with Crippen LogP contribution in [-0.2, 0) is 11.2 Å². The summed E-state index contributed by atoms with van der Waals surface area (Å²) in [5.41, 5.74) is 5.40. The van der Waals surface area contributed by atoms with Crippen molar-refractivity contribution < 1.29 is 9.90 Å². The highest BCUT2D eigenvalue weighted by Crippen LogP contribution is 2.06. The topological polar surface area (TPSA) is 94.0 Å². The minimum Gasteiger partial charge on any atom is -0.480 e. The number of carbonyl (C=O) groups is 1. The molecule has 0 saturated heterocycles. The van der Waals surface area contributed by atoms with E-state index in [9.17, 15) is 4.79 Å². The fourth-order valence-corrected chi connectivity index (χ4v) is 1.14. The second-order valence-corrected chi connectivity index (χ2v) is 3.36. The molecule has 0 bridgehead atoms. The summed E-state index contributed by atoms with van der Waals surface area (Å²) >= 11 is 0. The molecular weight excluding hydrogens is 184 g/mol. The number of aliphatic carboxylic acids is 1. The van der Waals surface area contributed by atoms with Crippen LogP contribution in [0.4, 0.5) is 0 Å². The Labute approximate surface area is 81.7 Å². The molecule has 0 aliphatic rings. The Morgan fingerprint density at radius 1 is 1.71 bits per heavy atom. The zero-order valence-corrected chi connectivity index (χ0v) is 8.21. The maximum atomic E-state index is 10.5. The van der Waals surface area contributed by atoms with Gasteiger partial charge in [0.2, 0.25) is 0 Å². The Morgan fingerprint density at radius 3 is 2.86 bits per heavy atom. The molecule has 0 unspecified atom stereocenters. The molecule has 14 heavy (non-hydrogen) atoms. The highest BCUT2D eigenvalue weighted by molar-refractivity contribution is 5.73. The molecule has 0 spiro atoms. The summed E-state index contributed by atoms with van der Waals surface area (Å²) in [5, 5.41) is 12.6.